The van der Waals surface area contributed by atoms with Gasteiger partial charge in [-0.1, -0.05) is 18.9 Å². The Morgan fingerprint density at radius 1 is 1.12 bits per heavy atom. The van der Waals surface area contributed by atoms with Crippen LogP contribution in [0.15, 0.2) is 24.3 Å². The lowest BCUT2D eigenvalue weighted by molar-refractivity contribution is -0.191. The van der Waals surface area contributed by atoms with Crippen LogP contribution in [-0.2, 0) is 19.1 Å². The van der Waals surface area contributed by atoms with Gasteiger partial charge in [-0.2, -0.15) is 9.59 Å². The third kappa shape index (κ3) is 6.52. The fourth-order valence-electron chi connectivity index (χ4n) is 4.54. The minimum atomic E-state index is 0.00420. The number of nitrogen functional groups attached to an aromatic ring is 1. The van der Waals surface area contributed by atoms with E-state index in [1.165, 1.54) is 12.8 Å². The summed E-state index contributed by atoms with van der Waals surface area (Å²) in [6, 6.07) is 7.97. The van der Waals surface area contributed by atoms with Crippen LogP contribution in [0.1, 0.15) is 57.1 Å². The largest absolute Gasteiger partial charge is 0.490 e. The van der Waals surface area contributed by atoms with Gasteiger partial charge in [-0.15, -0.1) is 0 Å². The predicted molar refractivity (Wildman–Crippen MR) is 119 cm³/mol. The second-order valence-corrected chi connectivity index (χ2v) is 8.46. The van der Waals surface area contributed by atoms with Crippen molar-refractivity contribution in [1.82, 2.24) is 10.3 Å². The van der Waals surface area contributed by atoms with Crippen LogP contribution in [0, 0.1) is 6.92 Å². The summed E-state index contributed by atoms with van der Waals surface area (Å²) in [7, 11) is 0. The number of nitrogens with one attached hydrogen (secondary N) is 1. The van der Waals surface area contributed by atoms with E-state index >= 15 is 0 Å². The number of pyridine rings is 1. The lowest BCUT2D eigenvalue weighted by Gasteiger charge is -2.30. The Bertz CT molecular complexity index is 944. The number of amides is 1. The molecule has 2 aliphatic carbocycles. The van der Waals surface area contributed by atoms with Gasteiger partial charge in [-0.25, -0.2) is 0 Å². The van der Waals surface area contributed by atoms with Crippen molar-refractivity contribution < 1.29 is 23.9 Å². The molecule has 0 saturated heterocycles. The van der Waals surface area contributed by atoms with E-state index in [0.717, 1.165) is 60.9 Å². The van der Waals surface area contributed by atoms with E-state index < -0.39 is 0 Å². The molecule has 3 N–H and O–H groups in total. The molecule has 1 aromatic heterocycles. The van der Waals surface area contributed by atoms with E-state index in [1.807, 2.05) is 31.2 Å². The van der Waals surface area contributed by atoms with Crippen molar-refractivity contribution >= 4 is 28.6 Å². The number of benzene rings is 1. The summed E-state index contributed by atoms with van der Waals surface area (Å²) in [6.45, 7) is 2.13. The molecule has 0 spiro atoms. The van der Waals surface area contributed by atoms with E-state index in [2.05, 4.69) is 10.3 Å². The number of rotatable bonds is 6. The number of nitrogens with zero attached hydrogens (tertiary/aromatic N) is 1. The molecular formula is C24H31N3O5. The Morgan fingerprint density at radius 2 is 1.81 bits per heavy atom. The van der Waals surface area contributed by atoms with Crippen molar-refractivity contribution in [2.24, 2.45) is 0 Å². The van der Waals surface area contributed by atoms with Crippen molar-refractivity contribution in [1.29, 1.82) is 0 Å². The zero-order valence-electron chi connectivity index (χ0n) is 18.5. The number of aromatic nitrogens is 1. The molecule has 0 radical (unpaired) electrons. The molecule has 172 valence electrons. The third-order valence-electron chi connectivity index (χ3n) is 6.04. The quantitative estimate of drug-likeness (QED) is 0.705. The van der Waals surface area contributed by atoms with Gasteiger partial charge in [0.05, 0.1) is 23.1 Å². The molecule has 1 amide bonds. The molecule has 1 heterocycles. The summed E-state index contributed by atoms with van der Waals surface area (Å²) in [5, 5.41) is 4.01. The lowest BCUT2D eigenvalue weighted by Crippen LogP contribution is -2.41. The van der Waals surface area contributed by atoms with Crippen LogP contribution in [0.25, 0.3) is 10.9 Å². The predicted octanol–water partition coefficient (Wildman–Crippen LogP) is 3.31. The van der Waals surface area contributed by atoms with Gasteiger partial charge < -0.3 is 20.5 Å². The van der Waals surface area contributed by atoms with E-state index in [-0.39, 0.29) is 36.9 Å². The summed E-state index contributed by atoms with van der Waals surface area (Å²) in [4.78, 5) is 33.0. The van der Waals surface area contributed by atoms with Crippen LogP contribution in [-0.4, -0.2) is 41.9 Å². The third-order valence-corrected chi connectivity index (χ3v) is 6.04. The maximum atomic E-state index is 12.2. The molecule has 1 aromatic carbocycles. The lowest BCUT2D eigenvalue weighted by atomic mass is 9.93. The minimum Gasteiger partial charge on any atom is -0.490 e. The van der Waals surface area contributed by atoms with Crippen LogP contribution in [0.2, 0.25) is 0 Å². The summed E-state index contributed by atoms with van der Waals surface area (Å²) in [5.74, 6) is 0.800. The number of carbonyl (C=O) groups is 1. The Morgan fingerprint density at radius 3 is 2.50 bits per heavy atom. The maximum Gasteiger partial charge on any atom is 0.373 e. The molecule has 2 aliphatic rings. The van der Waals surface area contributed by atoms with Gasteiger partial charge in [0, 0.05) is 17.4 Å². The average molecular weight is 442 g/mol. The monoisotopic (exact) mass is 441 g/mol. The number of nitrogens with two attached hydrogens (primary N) is 1. The molecule has 0 atom stereocenters. The van der Waals surface area contributed by atoms with Crippen LogP contribution in [0.4, 0.5) is 5.69 Å². The smallest absolute Gasteiger partial charge is 0.373 e. The maximum absolute atomic E-state index is 12.2. The topological polar surface area (TPSA) is 121 Å². The zero-order chi connectivity index (χ0) is 22.9. The molecule has 0 aliphatic heterocycles. The molecule has 2 saturated carbocycles. The number of aryl methyl sites for hydroxylation is 1. The van der Waals surface area contributed by atoms with Crippen molar-refractivity contribution in [2.75, 3.05) is 12.3 Å². The van der Waals surface area contributed by atoms with Crippen molar-refractivity contribution in [3.05, 3.63) is 30.0 Å². The first-order valence-electron chi connectivity index (χ1n) is 11.2. The van der Waals surface area contributed by atoms with Crippen molar-refractivity contribution in [2.45, 2.75) is 76.5 Å². The van der Waals surface area contributed by atoms with E-state index in [4.69, 9.17) is 24.8 Å². The second kappa shape index (κ2) is 11.6. The normalized spacial score (nSPS) is 20.8. The Labute approximate surface area is 187 Å². The van der Waals surface area contributed by atoms with E-state index in [0.29, 0.717) is 5.69 Å². The summed E-state index contributed by atoms with van der Waals surface area (Å²) in [5.41, 5.74) is 8.70. The van der Waals surface area contributed by atoms with Gasteiger partial charge in [0.15, 0.2) is 0 Å². The van der Waals surface area contributed by atoms with Gasteiger partial charge in [0.1, 0.15) is 12.4 Å². The van der Waals surface area contributed by atoms with E-state index in [9.17, 15) is 4.79 Å². The molecular weight excluding hydrogens is 410 g/mol. The molecule has 32 heavy (non-hydrogen) atoms. The highest BCUT2D eigenvalue weighted by Gasteiger charge is 2.25. The highest BCUT2D eigenvalue weighted by atomic mass is 16.5. The number of ether oxygens (including phenoxy) is 2. The van der Waals surface area contributed by atoms with Crippen LogP contribution in [0.3, 0.4) is 0 Å². The molecule has 0 bridgehead atoms. The summed E-state index contributed by atoms with van der Waals surface area (Å²) >= 11 is 0. The number of anilines is 1. The number of fused-ring (bicyclic) bond motifs is 1. The summed E-state index contributed by atoms with van der Waals surface area (Å²) < 4.78 is 12.0. The van der Waals surface area contributed by atoms with E-state index in [1.54, 1.807) is 0 Å². The highest BCUT2D eigenvalue weighted by Crippen LogP contribution is 2.33. The number of carbonyl (C=O) groups excluding carboxylic acids is 3. The van der Waals surface area contributed by atoms with Crippen LogP contribution in [0.5, 0.6) is 5.75 Å². The van der Waals surface area contributed by atoms with Crippen LogP contribution >= 0.6 is 0 Å². The molecule has 8 nitrogen and oxygen atoms in total. The molecule has 2 aromatic rings. The molecule has 4 rings (SSSR count). The van der Waals surface area contributed by atoms with Gasteiger partial charge >= 0.3 is 6.15 Å². The SMILES string of the molecule is Cc1cc(N)c2c(OC3CCC(NC(=O)COC4CCCC4)CC3)cccc2n1.O=C=O. The average Bonchev–Trinajstić information content (AvgIpc) is 3.28. The first-order valence-corrected chi connectivity index (χ1v) is 11.2. The molecule has 8 heteroatoms. The first-order chi connectivity index (χ1) is 15.5. The van der Waals surface area contributed by atoms with Gasteiger partial charge in [0.2, 0.25) is 5.91 Å². The standard InChI is InChI=1S/C23H31N3O3.CO2/c1-15-13-19(24)23-20(25-15)7-4-8-21(23)29-18-11-9-16(10-12-18)26-22(27)14-28-17-5-2-3-6-17;2-1-3/h4,7-8,13,16-18H,2-3,5-6,9-12,14H2,1H3,(H2,24,25)(H,26,27);. The fraction of sp³-hybridized carbons (Fsp3) is 0.542. The molecule has 2 fully saturated rings. The van der Waals surface area contributed by atoms with Gasteiger partial charge in [0.25, 0.3) is 0 Å². The minimum absolute atomic E-state index is 0.00420. The van der Waals surface area contributed by atoms with Crippen molar-refractivity contribution in [3.63, 3.8) is 0 Å². The van der Waals surface area contributed by atoms with Crippen LogP contribution < -0.4 is 15.8 Å². The fourth-order valence-corrected chi connectivity index (χ4v) is 4.54. The van der Waals surface area contributed by atoms with Crippen molar-refractivity contribution in [3.8, 4) is 5.75 Å². The van der Waals surface area contributed by atoms with Gasteiger partial charge in [-0.05, 0) is 63.6 Å². The second-order valence-electron chi connectivity index (χ2n) is 8.46. The highest BCUT2D eigenvalue weighted by molar-refractivity contribution is 5.95. The number of hydrogen-bond donors (Lipinski definition) is 2. The zero-order valence-corrected chi connectivity index (χ0v) is 18.5. The summed E-state index contributed by atoms with van der Waals surface area (Å²) in [6.07, 6.45) is 8.90. The Hall–Kier alpha value is -2.96. The first kappa shape index (κ1) is 23.7. The Kier molecular flexibility index (Phi) is 8.59. The molecule has 0 unspecified atom stereocenters. The number of hydrogen-bond acceptors (Lipinski definition) is 7. The Balaban J connectivity index is 0.000000913. The van der Waals surface area contributed by atoms with Gasteiger partial charge in [-0.3, -0.25) is 9.78 Å².